The Morgan fingerprint density at radius 2 is 1.47 bits per heavy atom. The molecule has 1 aliphatic heterocycles. The van der Waals surface area contributed by atoms with Crippen LogP contribution in [0.3, 0.4) is 0 Å². The van der Waals surface area contributed by atoms with Crippen molar-refractivity contribution in [3.05, 3.63) is 77.1 Å². The molecule has 7 nitrogen and oxygen atoms in total. The molecule has 0 spiro atoms. The van der Waals surface area contributed by atoms with E-state index in [-0.39, 0.29) is 16.8 Å². The molecule has 0 fully saturated rings. The Bertz CT molecular complexity index is 1120. The molecule has 0 bridgehead atoms. The molecule has 0 N–H and O–H groups in total. The number of rotatable bonds is 6. The topological polar surface area (TPSA) is 74.3 Å². The van der Waals surface area contributed by atoms with Gasteiger partial charge in [0.2, 0.25) is 0 Å². The molecule has 0 radical (unpaired) electrons. The van der Waals surface area contributed by atoms with E-state index in [0.29, 0.717) is 17.1 Å². The van der Waals surface area contributed by atoms with Crippen molar-refractivity contribution in [2.24, 2.45) is 0 Å². The molecule has 0 aromatic heterocycles. The van der Waals surface area contributed by atoms with E-state index in [1.165, 1.54) is 43.7 Å². The number of benzene rings is 2. The summed E-state index contributed by atoms with van der Waals surface area (Å²) in [7, 11) is 5.22. The highest BCUT2D eigenvalue weighted by Gasteiger charge is 2.38. The zero-order chi connectivity index (χ0) is 25.0. The zero-order valence-electron chi connectivity index (χ0n) is 18.8. The van der Waals surface area contributed by atoms with Crippen LogP contribution in [0.1, 0.15) is 17.0 Å². The number of anilines is 1. The zero-order valence-corrected chi connectivity index (χ0v) is 18.8. The second-order valence-electron chi connectivity index (χ2n) is 7.15. The number of hydrogen-bond donors (Lipinski definition) is 0. The fraction of sp³-hybridized carbons (Fsp3) is 0.250. The van der Waals surface area contributed by atoms with E-state index in [0.717, 1.165) is 26.4 Å². The van der Waals surface area contributed by atoms with Crippen LogP contribution in [0.25, 0.3) is 0 Å². The van der Waals surface area contributed by atoms with Crippen molar-refractivity contribution in [2.45, 2.75) is 12.1 Å². The SMILES string of the molecule is COC(=O)C1=CN(c2cccc(C(F)(F)F)c2)C=C(C(=O)OC)C1c1ccc(OC)cc1OC. The average molecular weight is 477 g/mol. The number of esters is 2. The standard InChI is InChI=1S/C24H22F3NO6/c1-31-16-8-9-17(20(11-16)32-2)21-18(22(29)33-3)12-28(13-19(21)23(30)34-4)15-7-5-6-14(10-15)24(25,26)27/h5-13,21H,1-4H3. The van der Waals surface area contributed by atoms with Gasteiger partial charge in [-0.3, -0.25) is 0 Å². The summed E-state index contributed by atoms with van der Waals surface area (Å²) >= 11 is 0. The smallest absolute Gasteiger partial charge is 0.416 e. The largest absolute Gasteiger partial charge is 0.497 e. The lowest BCUT2D eigenvalue weighted by atomic mass is 9.82. The molecule has 3 rings (SSSR count). The predicted octanol–water partition coefficient (Wildman–Crippen LogP) is 4.44. The predicted molar refractivity (Wildman–Crippen MR) is 116 cm³/mol. The monoisotopic (exact) mass is 477 g/mol. The minimum atomic E-state index is -4.57. The summed E-state index contributed by atoms with van der Waals surface area (Å²) in [5, 5.41) is 0. The maximum Gasteiger partial charge on any atom is 0.416 e. The van der Waals surface area contributed by atoms with Crippen LogP contribution >= 0.6 is 0 Å². The number of hydrogen-bond acceptors (Lipinski definition) is 7. The van der Waals surface area contributed by atoms with Crippen LogP contribution in [0.2, 0.25) is 0 Å². The van der Waals surface area contributed by atoms with Gasteiger partial charge in [-0.2, -0.15) is 13.2 Å². The molecule has 0 unspecified atom stereocenters. The lowest BCUT2D eigenvalue weighted by molar-refractivity contribution is -0.138. The molecule has 0 atom stereocenters. The van der Waals surface area contributed by atoms with E-state index in [1.54, 1.807) is 18.2 Å². The fourth-order valence-electron chi connectivity index (χ4n) is 3.61. The molecule has 0 saturated carbocycles. The summed E-state index contributed by atoms with van der Waals surface area (Å²) < 4.78 is 60.3. The van der Waals surface area contributed by atoms with Gasteiger partial charge in [-0.05, 0) is 24.3 Å². The van der Waals surface area contributed by atoms with Crippen molar-refractivity contribution in [3.8, 4) is 11.5 Å². The van der Waals surface area contributed by atoms with Crippen LogP contribution < -0.4 is 14.4 Å². The van der Waals surface area contributed by atoms with Crippen LogP contribution in [-0.4, -0.2) is 40.4 Å². The van der Waals surface area contributed by atoms with Gasteiger partial charge >= 0.3 is 18.1 Å². The minimum Gasteiger partial charge on any atom is -0.497 e. The van der Waals surface area contributed by atoms with Gasteiger partial charge in [0, 0.05) is 29.7 Å². The summed E-state index contributed by atoms with van der Waals surface area (Å²) in [6.45, 7) is 0. The maximum absolute atomic E-state index is 13.3. The lowest BCUT2D eigenvalue weighted by Gasteiger charge is -2.31. The van der Waals surface area contributed by atoms with Gasteiger partial charge in [0.05, 0.1) is 51.1 Å². The maximum atomic E-state index is 13.3. The van der Waals surface area contributed by atoms with Crippen molar-refractivity contribution in [3.63, 3.8) is 0 Å². The fourth-order valence-corrected chi connectivity index (χ4v) is 3.61. The summed E-state index contributed by atoms with van der Waals surface area (Å²) in [5.41, 5.74) is -0.388. The van der Waals surface area contributed by atoms with Crippen LogP contribution in [0.15, 0.2) is 66.0 Å². The third kappa shape index (κ3) is 4.85. The lowest BCUT2D eigenvalue weighted by Crippen LogP contribution is -2.29. The molecule has 1 heterocycles. The molecular formula is C24H22F3NO6. The second kappa shape index (κ2) is 9.90. The number of carbonyl (C=O) groups excluding carboxylic acids is 2. The molecule has 0 amide bonds. The Morgan fingerprint density at radius 3 is 1.97 bits per heavy atom. The molecule has 0 aliphatic carbocycles. The first-order valence-electron chi connectivity index (χ1n) is 9.92. The molecule has 34 heavy (non-hydrogen) atoms. The van der Waals surface area contributed by atoms with Crippen LogP contribution in [0.4, 0.5) is 18.9 Å². The van der Waals surface area contributed by atoms with Gasteiger partial charge in [-0.15, -0.1) is 0 Å². The van der Waals surface area contributed by atoms with Crippen molar-refractivity contribution < 1.29 is 41.7 Å². The molecule has 0 saturated heterocycles. The summed E-state index contributed by atoms with van der Waals surface area (Å²) in [6.07, 6.45) is -1.93. The second-order valence-corrected chi connectivity index (χ2v) is 7.15. The first-order chi connectivity index (χ1) is 16.1. The van der Waals surface area contributed by atoms with Crippen LogP contribution in [0.5, 0.6) is 11.5 Å². The van der Waals surface area contributed by atoms with Crippen LogP contribution in [0, 0.1) is 0 Å². The van der Waals surface area contributed by atoms with E-state index < -0.39 is 29.6 Å². The number of carbonyl (C=O) groups is 2. The molecule has 180 valence electrons. The van der Waals surface area contributed by atoms with Gasteiger partial charge in [0.1, 0.15) is 11.5 Å². The van der Waals surface area contributed by atoms with Gasteiger partial charge in [0.15, 0.2) is 0 Å². The molecule has 2 aromatic rings. The summed E-state index contributed by atoms with van der Waals surface area (Å²) in [4.78, 5) is 26.8. The quantitative estimate of drug-likeness (QED) is 0.570. The molecule has 2 aromatic carbocycles. The first-order valence-corrected chi connectivity index (χ1v) is 9.92. The Labute approximate surface area is 194 Å². The van der Waals surface area contributed by atoms with Crippen molar-refractivity contribution in [2.75, 3.05) is 33.3 Å². The van der Waals surface area contributed by atoms with E-state index in [9.17, 15) is 22.8 Å². The van der Waals surface area contributed by atoms with E-state index in [2.05, 4.69) is 0 Å². The number of halogens is 3. The number of nitrogens with zero attached hydrogens (tertiary/aromatic N) is 1. The minimum absolute atomic E-state index is 0.00808. The van der Waals surface area contributed by atoms with Crippen LogP contribution in [-0.2, 0) is 25.2 Å². The number of ether oxygens (including phenoxy) is 4. The molecule has 10 heteroatoms. The highest BCUT2D eigenvalue weighted by atomic mass is 19.4. The highest BCUT2D eigenvalue weighted by Crippen LogP contribution is 2.43. The van der Waals surface area contributed by atoms with Crippen molar-refractivity contribution in [1.29, 1.82) is 0 Å². The third-order valence-corrected chi connectivity index (χ3v) is 5.24. The van der Waals surface area contributed by atoms with Gasteiger partial charge in [-0.1, -0.05) is 12.1 Å². The van der Waals surface area contributed by atoms with Crippen molar-refractivity contribution >= 4 is 17.6 Å². The van der Waals surface area contributed by atoms with E-state index in [1.807, 2.05) is 0 Å². The Hall–Kier alpha value is -3.95. The van der Waals surface area contributed by atoms with E-state index in [4.69, 9.17) is 18.9 Å². The summed E-state index contributed by atoms with van der Waals surface area (Å²) in [6, 6.07) is 9.31. The normalized spacial score (nSPS) is 14.1. The van der Waals surface area contributed by atoms with Crippen molar-refractivity contribution in [1.82, 2.24) is 0 Å². The number of methoxy groups -OCH3 is 4. The Morgan fingerprint density at radius 1 is 0.853 bits per heavy atom. The molecular weight excluding hydrogens is 455 g/mol. The Kier molecular flexibility index (Phi) is 7.19. The Balaban J connectivity index is 2.23. The third-order valence-electron chi connectivity index (χ3n) is 5.24. The average Bonchev–Trinajstić information content (AvgIpc) is 2.86. The highest BCUT2D eigenvalue weighted by molar-refractivity contribution is 6.00. The molecule has 1 aliphatic rings. The van der Waals surface area contributed by atoms with Gasteiger partial charge < -0.3 is 23.8 Å². The van der Waals surface area contributed by atoms with Gasteiger partial charge in [-0.25, -0.2) is 9.59 Å². The number of alkyl halides is 3. The van der Waals surface area contributed by atoms with E-state index >= 15 is 0 Å². The first kappa shape index (κ1) is 24.7. The summed E-state index contributed by atoms with van der Waals surface area (Å²) in [5.74, 6) is -1.75. The van der Waals surface area contributed by atoms with Gasteiger partial charge in [0.25, 0.3) is 0 Å².